The molecule has 1 fully saturated rings. The highest BCUT2D eigenvalue weighted by atomic mass is 127. The number of hydrogen-bond donors (Lipinski definition) is 2. The molecule has 0 radical (unpaired) electrons. The second kappa shape index (κ2) is 8.49. The highest BCUT2D eigenvalue weighted by Gasteiger charge is 2.33. The highest BCUT2D eigenvalue weighted by Crippen LogP contribution is 2.28. The van der Waals surface area contributed by atoms with Crippen molar-refractivity contribution in [1.29, 1.82) is 0 Å². The van der Waals surface area contributed by atoms with Crippen LogP contribution < -0.4 is 10.6 Å². The van der Waals surface area contributed by atoms with E-state index in [0.717, 1.165) is 38.8 Å². The molecule has 0 aliphatic carbocycles. The van der Waals surface area contributed by atoms with E-state index >= 15 is 0 Å². The Balaban J connectivity index is 0.00000242. The van der Waals surface area contributed by atoms with Gasteiger partial charge in [0.2, 0.25) is 0 Å². The number of rotatable bonds is 6. The van der Waals surface area contributed by atoms with E-state index < -0.39 is 0 Å². The second-order valence-corrected chi connectivity index (χ2v) is 7.66. The third-order valence-corrected chi connectivity index (χ3v) is 4.98. The molecule has 6 heteroatoms. The van der Waals surface area contributed by atoms with Crippen molar-refractivity contribution in [3.8, 4) is 0 Å². The van der Waals surface area contributed by atoms with Crippen LogP contribution in [0, 0.1) is 5.41 Å². The molecule has 0 unspecified atom stereocenters. The van der Waals surface area contributed by atoms with Gasteiger partial charge in [-0.15, -0.1) is 35.3 Å². The van der Waals surface area contributed by atoms with E-state index in [9.17, 15) is 0 Å². The first-order valence-corrected chi connectivity index (χ1v) is 8.47. The molecule has 0 aromatic carbocycles. The van der Waals surface area contributed by atoms with Gasteiger partial charge in [0, 0.05) is 28.8 Å². The number of guanidine groups is 1. The molecule has 1 aliphatic rings. The van der Waals surface area contributed by atoms with Crippen molar-refractivity contribution < 1.29 is 4.74 Å². The molecule has 2 N–H and O–H groups in total. The zero-order valence-corrected chi connectivity index (χ0v) is 17.1. The van der Waals surface area contributed by atoms with Gasteiger partial charge in [0.1, 0.15) is 0 Å². The van der Waals surface area contributed by atoms with Gasteiger partial charge in [-0.2, -0.15) is 0 Å². The molecule has 2 rings (SSSR count). The molecule has 126 valence electrons. The number of aliphatic imine (C=N–C) groups is 1. The van der Waals surface area contributed by atoms with E-state index in [-0.39, 0.29) is 34.8 Å². The minimum Gasteiger partial charge on any atom is -0.380 e. The molecule has 22 heavy (non-hydrogen) atoms. The van der Waals surface area contributed by atoms with Gasteiger partial charge in [-0.1, -0.05) is 26.8 Å². The average Bonchev–Trinajstić information content (AvgIpc) is 2.94. The molecule has 0 spiro atoms. The Morgan fingerprint density at radius 3 is 2.64 bits per heavy atom. The summed E-state index contributed by atoms with van der Waals surface area (Å²) in [7, 11) is 0. The predicted molar refractivity (Wildman–Crippen MR) is 106 cm³/mol. The van der Waals surface area contributed by atoms with Crippen molar-refractivity contribution in [3.63, 3.8) is 0 Å². The Morgan fingerprint density at radius 1 is 1.41 bits per heavy atom. The van der Waals surface area contributed by atoms with E-state index in [0.29, 0.717) is 0 Å². The fourth-order valence-corrected chi connectivity index (χ4v) is 3.05. The van der Waals surface area contributed by atoms with Crippen molar-refractivity contribution in [2.24, 2.45) is 10.4 Å². The molecule has 0 atom stereocenters. The molecule has 1 aromatic heterocycles. The second-order valence-electron chi connectivity index (χ2n) is 6.71. The summed E-state index contributed by atoms with van der Waals surface area (Å²) in [5.41, 5.74) is 0.319. The van der Waals surface area contributed by atoms with Gasteiger partial charge in [-0.25, -0.2) is 0 Å². The summed E-state index contributed by atoms with van der Waals surface area (Å²) in [5, 5.41) is 8.89. The molecular weight excluding hydrogens is 409 g/mol. The Hall–Kier alpha value is -0.340. The fraction of sp³-hybridized carbons (Fsp3) is 0.688. The minimum absolute atomic E-state index is 0. The van der Waals surface area contributed by atoms with Crippen LogP contribution in [0.4, 0.5) is 0 Å². The first-order valence-electron chi connectivity index (χ1n) is 7.59. The largest absolute Gasteiger partial charge is 0.380 e. The summed E-state index contributed by atoms with van der Waals surface area (Å²) in [6.07, 6.45) is 0. The van der Waals surface area contributed by atoms with Crippen LogP contribution in [0.2, 0.25) is 0 Å². The summed E-state index contributed by atoms with van der Waals surface area (Å²) < 4.78 is 5.29. The maximum atomic E-state index is 5.29. The summed E-state index contributed by atoms with van der Waals surface area (Å²) in [4.78, 5) is 6.14. The van der Waals surface area contributed by atoms with E-state index in [1.54, 1.807) is 11.3 Å². The zero-order valence-electron chi connectivity index (χ0n) is 13.9. The van der Waals surface area contributed by atoms with Gasteiger partial charge < -0.3 is 15.4 Å². The van der Waals surface area contributed by atoms with E-state index in [1.807, 2.05) is 0 Å². The molecule has 0 bridgehead atoms. The van der Waals surface area contributed by atoms with Crippen LogP contribution in [0.5, 0.6) is 0 Å². The van der Waals surface area contributed by atoms with Crippen molar-refractivity contribution in [1.82, 2.24) is 10.6 Å². The number of thiophene rings is 1. The van der Waals surface area contributed by atoms with E-state index in [4.69, 9.17) is 9.73 Å². The lowest BCUT2D eigenvalue weighted by Crippen LogP contribution is -2.51. The average molecular weight is 437 g/mol. The van der Waals surface area contributed by atoms with Crippen LogP contribution >= 0.6 is 35.3 Å². The van der Waals surface area contributed by atoms with Crippen molar-refractivity contribution >= 4 is 41.3 Å². The summed E-state index contributed by atoms with van der Waals surface area (Å²) in [5.74, 6) is 0.898. The van der Waals surface area contributed by atoms with Crippen LogP contribution in [0.1, 0.15) is 32.6 Å². The van der Waals surface area contributed by atoms with E-state index in [1.165, 1.54) is 4.88 Å². The quantitative estimate of drug-likeness (QED) is 0.408. The van der Waals surface area contributed by atoms with Crippen molar-refractivity contribution in [2.45, 2.75) is 33.1 Å². The van der Waals surface area contributed by atoms with Gasteiger partial charge in [0.25, 0.3) is 0 Å². The number of ether oxygens (including phenoxy) is 1. The topological polar surface area (TPSA) is 45.7 Å². The summed E-state index contributed by atoms with van der Waals surface area (Å²) >= 11 is 1.80. The van der Waals surface area contributed by atoms with Gasteiger partial charge in [0.15, 0.2) is 5.96 Å². The monoisotopic (exact) mass is 437 g/mol. The molecule has 4 nitrogen and oxygen atoms in total. The minimum atomic E-state index is 0. The van der Waals surface area contributed by atoms with Crippen LogP contribution in [0.15, 0.2) is 22.5 Å². The molecule has 2 heterocycles. The van der Waals surface area contributed by atoms with Gasteiger partial charge in [0.05, 0.1) is 19.8 Å². The number of hydrogen-bond acceptors (Lipinski definition) is 3. The van der Waals surface area contributed by atoms with Crippen LogP contribution in [-0.4, -0.2) is 38.8 Å². The lowest BCUT2D eigenvalue weighted by atomic mass is 9.89. The Bertz CT molecular complexity index is 470. The molecule has 1 aliphatic heterocycles. The summed E-state index contributed by atoms with van der Waals surface area (Å²) in [6.45, 7) is 13.0. The van der Waals surface area contributed by atoms with Crippen molar-refractivity contribution in [2.75, 3.05) is 32.8 Å². The zero-order chi connectivity index (χ0) is 15.3. The van der Waals surface area contributed by atoms with Gasteiger partial charge in [-0.3, -0.25) is 4.99 Å². The molecule has 1 aromatic rings. The number of nitrogens with one attached hydrogen (secondary N) is 2. The SMILES string of the molecule is CCNC(=NCC(C)(C)c1cccs1)NCC1(C)COC1.I. The highest BCUT2D eigenvalue weighted by molar-refractivity contribution is 14.0. The maximum Gasteiger partial charge on any atom is 0.191 e. The van der Waals surface area contributed by atoms with Crippen LogP contribution in [-0.2, 0) is 10.2 Å². The van der Waals surface area contributed by atoms with E-state index in [2.05, 4.69) is 55.8 Å². The third-order valence-electron chi connectivity index (χ3n) is 3.75. The van der Waals surface area contributed by atoms with Gasteiger partial charge >= 0.3 is 0 Å². The Kier molecular flexibility index (Phi) is 7.61. The summed E-state index contributed by atoms with van der Waals surface area (Å²) in [6, 6.07) is 4.29. The predicted octanol–water partition coefficient (Wildman–Crippen LogP) is 3.24. The van der Waals surface area contributed by atoms with Crippen LogP contribution in [0.3, 0.4) is 0 Å². The lowest BCUT2D eigenvalue weighted by molar-refractivity contribution is -0.0971. The van der Waals surface area contributed by atoms with Gasteiger partial charge in [-0.05, 0) is 18.4 Å². The number of nitrogens with zero attached hydrogens (tertiary/aromatic N) is 1. The van der Waals surface area contributed by atoms with Crippen LogP contribution in [0.25, 0.3) is 0 Å². The molecule has 1 saturated heterocycles. The first kappa shape index (κ1) is 19.7. The maximum absolute atomic E-state index is 5.29. The molecule has 0 saturated carbocycles. The fourth-order valence-electron chi connectivity index (χ4n) is 2.21. The normalized spacial score (nSPS) is 17.4. The Labute approximate surface area is 155 Å². The van der Waals surface area contributed by atoms with Crippen molar-refractivity contribution in [3.05, 3.63) is 22.4 Å². The molecular formula is C16H28IN3OS. The lowest BCUT2D eigenvalue weighted by Gasteiger charge is -2.38. The third kappa shape index (κ3) is 5.38. The smallest absolute Gasteiger partial charge is 0.191 e. The number of halogens is 1. The first-order chi connectivity index (χ1) is 9.95. The molecule has 0 amide bonds. The Morgan fingerprint density at radius 2 is 2.14 bits per heavy atom. The standard InChI is InChI=1S/C16H27N3OS.HI/c1-5-17-14(19-10-16(4)11-20-12-16)18-9-15(2,3)13-7-6-8-21-13;/h6-8H,5,9-12H2,1-4H3,(H2,17,18,19);1H.